The van der Waals surface area contributed by atoms with E-state index in [4.69, 9.17) is 0 Å². The molecule has 0 aliphatic carbocycles. The zero-order valence-electron chi connectivity index (χ0n) is 12.1. The molecule has 2 fully saturated rings. The molecule has 6 heteroatoms. The van der Waals surface area contributed by atoms with Crippen LogP contribution in [0.1, 0.15) is 32.6 Å². The fourth-order valence-electron chi connectivity index (χ4n) is 3.86. The van der Waals surface area contributed by atoms with Gasteiger partial charge in [0.2, 0.25) is 5.82 Å². The molecule has 3 rings (SSSR count). The maximum absolute atomic E-state index is 13.8. The van der Waals surface area contributed by atoms with Gasteiger partial charge >= 0.3 is 5.69 Å². The third kappa shape index (κ3) is 2.60. The summed E-state index contributed by atoms with van der Waals surface area (Å²) in [4.78, 5) is 12.3. The average Bonchev–Trinajstić information content (AvgIpc) is 2.70. The van der Waals surface area contributed by atoms with Crippen LogP contribution in [0.25, 0.3) is 0 Å². The Hall–Kier alpha value is -1.69. The summed E-state index contributed by atoms with van der Waals surface area (Å²) in [6, 6.07) is 5.63. The van der Waals surface area contributed by atoms with Crippen molar-refractivity contribution < 1.29 is 9.31 Å². The monoisotopic (exact) mass is 293 g/mol. The maximum atomic E-state index is 13.8. The van der Waals surface area contributed by atoms with Gasteiger partial charge in [-0.25, -0.2) is 0 Å². The lowest BCUT2D eigenvalue weighted by atomic mass is 9.96. The lowest BCUT2D eigenvalue weighted by Gasteiger charge is -2.40. The van der Waals surface area contributed by atoms with E-state index in [1.807, 2.05) is 0 Å². The molecular weight excluding hydrogens is 273 g/mol. The van der Waals surface area contributed by atoms with E-state index in [1.54, 1.807) is 6.07 Å². The van der Waals surface area contributed by atoms with Crippen molar-refractivity contribution in [1.29, 1.82) is 0 Å². The number of hydrogen-bond acceptors (Lipinski definition) is 4. The number of nitrogens with one attached hydrogen (secondary N) is 1. The minimum Gasteiger partial charge on any atom is -0.365 e. The van der Waals surface area contributed by atoms with Gasteiger partial charge in [0, 0.05) is 35.9 Å². The first-order chi connectivity index (χ1) is 10.1. The quantitative estimate of drug-likeness (QED) is 0.685. The molecule has 1 aromatic rings. The van der Waals surface area contributed by atoms with E-state index in [0.717, 1.165) is 37.9 Å². The van der Waals surface area contributed by atoms with Gasteiger partial charge < -0.3 is 10.2 Å². The maximum Gasteiger partial charge on any atom is 0.304 e. The standard InChI is InChI=1S/C15H20FN3O2/c1-2-17-10-7-11-3-4-12(8-10)18(11)13-5-6-15(19(20)21)14(16)9-13/h5-6,9-12,17H,2-4,7-8H2,1H3. The van der Waals surface area contributed by atoms with Gasteiger partial charge in [0.15, 0.2) is 0 Å². The highest BCUT2D eigenvalue weighted by Crippen LogP contribution is 2.40. The summed E-state index contributed by atoms with van der Waals surface area (Å²) in [6.45, 7) is 3.08. The number of benzene rings is 1. The molecule has 2 heterocycles. The van der Waals surface area contributed by atoms with Crippen LogP contribution in [0, 0.1) is 15.9 Å². The van der Waals surface area contributed by atoms with Gasteiger partial charge in [0.05, 0.1) is 4.92 Å². The molecule has 2 saturated heterocycles. The molecule has 2 bridgehead atoms. The normalized spacial score (nSPS) is 27.9. The summed E-state index contributed by atoms with van der Waals surface area (Å²) in [5, 5.41) is 14.2. The van der Waals surface area contributed by atoms with Crippen molar-refractivity contribution in [3.63, 3.8) is 0 Å². The molecule has 0 radical (unpaired) electrons. The Labute approximate surface area is 123 Å². The molecule has 2 atom stereocenters. The SMILES string of the molecule is CCNC1CC2CCC(C1)N2c1ccc([N+](=O)[O-])c(F)c1. The number of anilines is 1. The van der Waals surface area contributed by atoms with E-state index in [1.165, 1.54) is 12.1 Å². The highest BCUT2D eigenvalue weighted by Gasteiger charge is 2.40. The van der Waals surface area contributed by atoms with E-state index in [2.05, 4.69) is 17.1 Å². The van der Waals surface area contributed by atoms with Gasteiger partial charge in [-0.2, -0.15) is 4.39 Å². The Bertz CT molecular complexity index is 538. The van der Waals surface area contributed by atoms with Gasteiger partial charge in [-0.3, -0.25) is 10.1 Å². The molecular formula is C15H20FN3O2. The predicted octanol–water partition coefficient (Wildman–Crippen LogP) is 2.84. The van der Waals surface area contributed by atoms with Crippen LogP contribution in [0.5, 0.6) is 0 Å². The Morgan fingerprint density at radius 2 is 2.05 bits per heavy atom. The zero-order chi connectivity index (χ0) is 15.0. The molecule has 2 aliphatic heterocycles. The van der Waals surface area contributed by atoms with Crippen LogP contribution in [0.15, 0.2) is 18.2 Å². The number of rotatable bonds is 4. The molecule has 2 unspecified atom stereocenters. The van der Waals surface area contributed by atoms with Gasteiger partial charge in [-0.15, -0.1) is 0 Å². The summed E-state index contributed by atoms with van der Waals surface area (Å²) in [7, 11) is 0. The van der Waals surface area contributed by atoms with Crippen LogP contribution in [-0.4, -0.2) is 29.6 Å². The van der Waals surface area contributed by atoms with Crippen LogP contribution >= 0.6 is 0 Å². The molecule has 0 saturated carbocycles. The van der Waals surface area contributed by atoms with Crippen LogP contribution < -0.4 is 10.2 Å². The second kappa shape index (κ2) is 5.60. The smallest absolute Gasteiger partial charge is 0.304 e. The molecule has 2 aliphatic rings. The Morgan fingerprint density at radius 1 is 1.38 bits per heavy atom. The second-order valence-corrected chi connectivity index (χ2v) is 5.91. The lowest BCUT2D eigenvalue weighted by molar-refractivity contribution is -0.387. The van der Waals surface area contributed by atoms with Crippen molar-refractivity contribution in [2.45, 2.75) is 50.7 Å². The average molecular weight is 293 g/mol. The van der Waals surface area contributed by atoms with Crippen LogP contribution in [0.2, 0.25) is 0 Å². The van der Waals surface area contributed by atoms with Crippen molar-refractivity contribution in [2.75, 3.05) is 11.4 Å². The third-order valence-electron chi connectivity index (χ3n) is 4.65. The number of nitrogens with zero attached hydrogens (tertiary/aromatic N) is 2. The molecule has 0 aromatic heterocycles. The van der Waals surface area contributed by atoms with Crippen LogP contribution in [0.4, 0.5) is 15.8 Å². The summed E-state index contributed by atoms with van der Waals surface area (Å²) >= 11 is 0. The van der Waals surface area contributed by atoms with Crippen molar-refractivity contribution in [2.24, 2.45) is 0 Å². The molecule has 5 nitrogen and oxygen atoms in total. The fraction of sp³-hybridized carbons (Fsp3) is 0.600. The fourth-order valence-corrected chi connectivity index (χ4v) is 3.86. The Balaban J connectivity index is 1.82. The van der Waals surface area contributed by atoms with E-state index in [-0.39, 0.29) is 0 Å². The van der Waals surface area contributed by atoms with Crippen molar-refractivity contribution in [3.8, 4) is 0 Å². The van der Waals surface area contributed by atoms with Gasteiger partial charge in [-0.1, -0.05) is 6.92 Å². The molecule has 0 spiro atoms. The second-order valence-electron chi connectivity index (χ2n) is 5.91. The van der Waals surface area contributed by atoms with Gasteiger partial charge in [0.1, 0.15) is 0 Å². The van der Waals surface area contributed by atoms with E-state index >= 15 is 0 Å². The summed E-state index contributed by atoms with van der Waals surface area (Å²) in [6.07, 6.45) is 4.35. The largest absolute Gasteiger partial charge is 0.365 e. The van der Waals surface area contributed by atoms with Gasteiger partial charge in [-0.05, 0) is 38.3 Å². The minimum atomic E-state index is -0.745. The minimum absolute atomic E-state index is 0.411. The first-order valence-electron chi connectivity index (χ1n) is 7.55. The molecule has 21 heavy (non-hydrogen) atoms. The number of hydrogen-bond donors (Lipinski definition) is 1. The zero-order valence-corrected chi connectivity index (χ0v) is 12.1. The van der Waals surface area contributed by atoms with Crippen LogP contribution in [-0.2, 0) is 0 Å². The number of nitro groups is 1. The first kappa shape index (κ1) is 14.3. The topological polar surface area (TPSA) is 58.4 Å². The predicted molar refractivity (Wildman–Crippen MR) is 79.0 cm³/mol. The third-order valence-corrected chi connectivity index (χ3v) is 4.65. The Kier molecular flexibility index (Phi) is 3.80. The summed E-state index contributed by atoms with van der Waals surface area (Å²) in [5.41, 5.74) is 0.328. The summed E-state index contributed by atoms with van der Waals surface area (Å²) < 4.78 is 13.8. The Morgan fingerprint density at radius 3 is 2.57 bits per heavy atom. The van der Waals surface area contributed by atoms with E-state index in [0.29, 0.717) is 18.1 Å². The number of fused-ring (bicyclic) bond motifs is 2. The van der Waals surface area contributed by atoms with Crippen molar-refractivity contribution in [1.82, 2.24) is 5.32 Å². The molecule has 114 valence electrons. The van der Waals surface area contributed by atoms with E-state index < -0.39 is 16.4 Å². The lowest BCUT2D eigenvalue weighted by Crippen LogP contribution is -2.49. The molecule has 0 amide bonds. The van der Waals surface area contributed by atoms with Crippen LogP contribution in [0.3, 0.4) is 0 Å². The van der Waals surface area contributed by atoms with Crippen molar-refractivity contribution >= 4 is 11.4 Å². The van der Waals surface area contributed by atoms with E-state index in [9.17, 15) is 14.5 Å². The van der Waals surface area contributed by atoms with Gasteiger partial charge in [0.25, 0.3) is 0 Å². The number of piperidine rings is 1. The molecule has 1 N–H and O–H groups in total. The highest BCUT2D eigenvalue weighted by atomic mass is 19.1. The highest BCUT2D eigenvalue weighted by molar-refractivity contribution is 5.54. The summed E-state index contributed by atoms with van der Waals surface area (Å²) in [5.74, 6) is -0.745. The number of halogens is 1. The molecule has 1 aromatic carbocycles. The number of nitro benzene ring substituents is 1. The first-order valence-corrected chi connectivity index (χ1v) is 7.55. The van der Waals surface area contributed by atoms with Crippen molar-refractivity contribution in [3.05, 3.63) is 34.1 Å².